The first-order valence-electron chi connectivity index (χ1n) is 14.5. The first-order valence-corrected chi connectivity index (χ1v) is 14.5. The predicted octanol–water partition coefficient (Wildman–Crippen LogP) is 6.08. The summed E-state index contributed by atoms with van der Waals surface area (Å²) in [6, 6.07) is 0. The third-order valence-corrected chi connectivity index (χ3v) is 12.2. The third kappa shape index (κ3) is 4.34. The molecule has 0 aliphatic heterocycles. The SMILES string of the molecule is CC(C)CCC[C@@H](C)[C@H]1CC[C@H]2[C@@H]3C[C@](O)(C(C)(C)N)[C@@]4(O)C[C@@H](O)CC[C@]4(C)[C@H]3CC[C@]12C.Cl. The van der Waals surface area contributed by atoms with Gasteiger partial charge in [-0.15, -0.1) is 12.4 Å². The van der Waals surface area contributed by atoms with E-state index in [9.17, 15) is 15.3 Å². The minimum absolute atomic E-state index is 0. The fraction of sp³-hybridized carbons (Fsp3) is 1.00. The molecule has 4 aliphatic rings. The van der Waals surface area contributed by atoms with Crippen LogP contribution in [0.5, 0.6) is 0 Å². The monoisotopic (exact) mass is 513 g/mol. The highest BCUT2D eigenvalue weighted by molar-refractivity contribution is 5.85. The molecular formula is C30H56ClNO3. The van der Waals surface area contributed by atoms with Crippen LogP contribution in [0, 0.1) is 46.3 Å². The van der Waals surface area contributed by atoms with Crippen molar-refractivity contribution in [3.63, 3.8) is 0 Å². The molecule has 35 heavy (non-hydrogen) atoms. The molecule has 206 valence electrons. The molecule has 0 heterocycles. The van der Waals surface area contributed by atoms with Crippen LogP contribution in [-0.2, 0) is 0 Å². The lowest BCUT2D eigenvalue weighted by Crippen LogP contribution is -2.80. The summed E-state index contributed by atoms with van der Waals surface area (Å²) in [5.74, 6) is 3.65. The molecule has 0 radical (unpaired) electrons. The Morgan fingerprint density at radius 2 is 1.57 bits per heavy atom. The molecule has 4 fully saturated rings. The van der Waals surface area contributed by atoms with Crippen molar-refractivity contribution in [2.75, 3.05) is 0 Å². The van der Waals surface area contributed by atoms with Gasteiger partial charge >= 0.3 is 0 Å². The zero-order valence-electron chi connectivity index (χ0n) is 23.6. The van der Waals surface area contributed by atoms with Gasteiger partial charge in [0.2, 0.25) is 0 Å². The molecule has 10 atom stereocenters. The van der Waals surface area contributed by atoms with E-state index < -0.39 is 28.3 Å². The van der Waals surface area contributed by atoms with E-state index in [0.717, 1.165) is 30.6 Å². The Morgan fingerprint density at radius 1 is 0.914 bits per heavy atom. The Kier molecular flexibility index (Phi) is 8.23. The van der Waals surface area contributed by atoms with Gasteiger partial charge in [0.1, 0.15) is 11.2 Å². The van der Waals surface area contributed by atoms with Gasteiger partial charge in [0, 0.05) is 17.4 Å². The molecule has 5 heteroatoms. The lowest BCUT2D eigenvalue weighted by molar-refractivity contribution is -0.321. The Balaban J connectivity index is 0.00000342. The van der Waals surface area contributed by atoms with Gasteiger partial charge in [-0.05, 0) is 99.7 Å². The number of nitrogens with two attached hydrogens (primary N) is 1. The van der Waals surface area contributed by atoms with Gasteiger partial charge in [-0.2, -0.15) is 0 Å². The molecule has 0 aromatic rings. The summed E-state index contributed by atoms with van der Waals surface area (Å²) in [6.07, 6.45) is 10.6. The Bertz CT molecular complexity index is 754. The summed E-state index contributed by atoms with van der Waals surface area (Å²) < 4.78 is 0. The van der Waals surface area contributed by atoms with Gasteiger partial charge in [0.05, 0.1) is 6.10 Å². The Morgan fingerprint density at radius 3 is 2.17 bits per heavy atom. The van der Waals surface area contributed by atoms with E-state index >= 15 is 0 Å². The van der Waals surface area contributed by atoms with E-state index in [-0.39, 0.29) is 18.8 Å². The highest BCUT2D eigenvalue weighted by atomic mass is 35.5. The average Bonchev–Trinajstić information content (AvgIpc) is 3.07. The minimum Gasteiger partial charge on any atom is -0.393 e. The average molecular weight is 514 g/mol. The van der Waals surface area contributed by atoms with Crippen LogP contribution >= 0.6 is 12.4 Å². The number of hydrogen-bond acceptors (Lipinski definition) is 4. The number of rotatable bonds is 6. The van der Waals surface area contributed by atoms with Crippen molar-refractivity contribution in [1.82, 2.24) is 0 Å². The number of fused-ring (bicyclic) bond motifs is 5. The summed E-state index contributed by atoms with van der Waals surface area (Å²) in [5, 5.41) is 35.3. The van der Waals surface area contributed by atoms with Crippen molar-refractivity contribution >= 4 is 12.4 Å². The van der Waals surface area contributed by atoms with Crippen LogP contribution in [0.25, 0.3) is 0 Å². The fourth-order valence-corrected chi connectivity index (χ4v) is 10.2. The van der Waals surface area contributed by atoms with Crippen molar-refractivity contribution in [3.05, 3.63) is 0 Å². The largest absolute Gasteiger partial charge is 0.393 e. The second kappa shape index (κ2) is 9.70. The van der Waals surface area contributed by atoms with Crippen LogP contribution < -0.4 is 5.73 Å². The van der Waals surface area contributed by atoms with Crippen molar-refractivity contribution in [1.29, 1.82) is 0 Å². The number of hydrogen-bond donors (Lipinski definition) is 4. The van der Waals surface area contributed by atoms with Crippen LogP contribution in [0.4, 0.5) is 0 Å². The Labute approximate surface area is 221 Å². The van der Waals surface area contributed by atoms with Crippen LogP contribution in [0.15, 0.2) is 0 Å². The maximum atomic E-state index is 12.3. The number of aliphatic hydroxyl groups excluding tert-OH is 1. The van der Waals surface area contributed by atoms with Gasteiger partial charge in [0.15, 0.2) is 0 Å². The van der Waals surface area contributed by atoms with Crippen LogP contribution in [0.1, 0.15) is 119 Å². The van der Waals surface area contributed by atoms with Gasteiger partial charge in [-0.1, -0.05) is 53.9 Å². The molecule has 0 saturated heterocycles. The van der Waals surface area contributed by atoms with E-state index in [4.69, 9.17) is 5.73 Å². The van der Waals surface area contributed by atoms with Crippen LogP contribution in [-0.4, -0.2) is 38.2 Å². The smallest absolute Gasteiger partial charge is 0.111 e. The standard InChI is InChI=1S/C30H55NO3.ClH/c1-19(2)9-8-10-20(3)23-11-12-24-22-18-29(33,26(4,5)31)30(34)17-21(32)13-16-28(30,7)25(22)14-15-27(23,24)6;/h19-25,32-34H,8-18,31H2,1-7H3;1H/t20-,21+,22+,23-,24+,25+,27-,28-,29+,30-;/m1./s1. The molecule has 5 N–H and O–H groups in total. The quantitative estimate of drug-likeness (QED) is 0.346. The molecule has 4 rings (SSSR count). The Hall–Kier alpha value is 0.130. The normalized spacial score (nSPS) is 48.5. The van der Waals surface area contributed by atoms with E-state index in [1.807, 2.05) is 13.8 Å². The summed E-state index contributed by atoms with van der Waals surface area (Å²) >= 11 is 0. The second-order valence-corrected chi connectivity index (χ2v) is 14.9. The van der Waals surface area contributed by atoms with E-state index in [1.165, 1.54) is 38.5 Å². The van der Waals surface area contributed by atoms with Crippen molar-refractivity contribution in [3.8, 4) is 0 Å². The first kappa shape index (κ1) is 29.7. The van der Waals surface area contributed by atoms with Gasteiger partial charge in [-0.25, -0.2) is 0 Å². The van der Waals surface area contributed by atoms with Gasteiger partial charge < -0.3 is 21.1 Å². The maximum absolute atomic E-state index is 12.3. The van der Waals surface area contributed by atoms with Crippen LogP contribution in [0.3, 0.4) is 0 Å². The summed E-state index contributed by atoms with van der Waals surface area (Å²) in [5.41, 5.74) is 2.90. The third-order valence-electron chi connectivity index (χ3n) is 12.2. The summed E-state index contributed by atoms with van der Waals surface area (Å²) in [4.78, 5) is 0. The van der Waals surface area contributed by atoms with E-state index in [0.29, 0.717) is 36.0 Å². The predicted molar refractivity (Wildman–Crippen MR) is 146 cm³/mol. The first-order chi connectivity index (χ1) is 15.6. The molecular weight excluding hydrogens is 458 g/mol. The van der Waals surface area contributed by atoms with Crippen LogP contribution in [0.2, 0.25) is 0 Å². The highest BCUT2D eigenvalue weighted by Crippen LogP contribution is 2.71. The van der Waals surface area contributed by atoms with E-state index in [2.05, 4.69) is 34.6 Å². The van der Waals surface area contributed by atoms with Crippen molar-refractivity contribution < 1.29 is 15.3 Å². The molecule has 0 amide bonds. The van der Waals surface area contributed by atoms with Crippen molar-refractivity contribution in [2.45, 2.75) is 142 Å². The van der Waals surface area contributed by atoms with Gasteiger partial charge in [0.25, 0.3) is 0 Å². The molecule has 0 spiro atoms. The lowest BCUT2D eigenvalue weighted by atomic mass is 9.38. The molecule has 4 aliphatic carbocycles. The number of halogens is 1. The second-order valence-electron chi connectivity index (χ2n) is 14.9. The minimum atomic E-state index is -1.41. The molecule has 0 aromatic carbocycles. The van der Waals surface area contributed by atoms with Crippen molar-refractivity contribution in [2.24, 2.45) is 52.1 Å². The topological polar surface area (TPSA) is 86.7 Å². The maximum Gasteiger partial charge on any atom is 0.111 e. The van der Waals surface area contributed by atoms with E-state index in [1.54, 1.807) is 0 Å². The molecule has 0 aromatic heterocycles. The zero-order chi connectivity index (χ0) is 25.3. The number of aliphatic hydroxyl groups is 3. The molecule has 4 saturated carbocycles. The summed E-state index contributed by atoms with van der Waals surface area (Å²) in [7, 11) is 0. The molecule has 4 nitrogen and oxygen atoms in total. The molecule has 0 unspecified atom stereocenters. The summed E-state index contributed by atoms with van der Waals surface area (Å²) in [6.45, 7) is 15.7. The highest BCUT2D eigenvalue weighted by Gasteiger charge is 2.74. The zero-order valence-corrected chi connectivity index (χ0v) is 24.5. The molecule has 0 bridgehead atoms. The van der Waals surface area contributed by atoms with Gasteiger partial charge in [-0.3, -0.25) is 0 Å². The lowest BCUT2D eigenvalue weighted by Gasteiger charge is -2.71. The fourth-order valence-electron chi connectivity index (χ4n) is 10.2.